The number of Topliss-reactive ketones (excluding diaryl/α,β-unsaturated/α-hetero) is 1. The van der Waals surface area contributed by atoms with Gasteiger partial charge in [0.2, 0.25) is 6.29 Å². The van der Waals surface area contributed by atoms with Crippen LogP contribution >= 0.6 is 11.8 Å². The number of ether oxygens (including phenoxy) is 2. The van der Waals surface area contributed by atoms with E-state index in [1.54, 1.807) is 13.0 Å². The number of rotatable bonds is 5. The number of allylic oxidation sites excluding steroid dienone is 3. The topological polar surface area (TPSA) is 89.9 Å². The average molecular weight is 400 g/mol. The molecule has 0 fully saturated rings. The Morgan fingerprint density at radius 3 is 2.75 bits per heavy atom. The van der Waals surface area contributed by atoms with E-state index in [1.807, 2.05) is 24.3 Å². The van der Waals surface area contributed by atoms with Crippen LogP contribution in [0.3, 0.4) is 0 Å². The summed E-state index contributed by atoms with van der Waals surface area (Å²) in [5.74, 6) is -2.19. The van der Waals surface area contributed by atoms with Crippen LogP contribution in [-0.4, -0.2) is 29.1 Å². The number of benzene rings is 1. The van der Waals surface area contributed by atoms with Crippen LogP contribution in [0, 0.1) is 0 Å². The third-order valence-electron chi connectivity index (χ3n) is 4.41. The maximum atomic E-state index is 12.7. The molecule has 1 atom stereocenters. The second kappa shape index (κ2) is 8.48. The predicted molar refractivity (Wildman–Crippen MR) is 103 cm³/mol. The van der Waals surface area contributed by atoms with E-state index >= 15 is 0 Å². The van der Waals surface area contributed by atoms with Crippen LogP contribution in [0.2, 0.25) is 0 Å². The van der Waals surface area contributed by atoms with Crippen LogP contribution in [0.15, 0.2) is 63.1 Å². The lowest BCUT2D eigenvalue weighted by Crippen LogP contribution is -2.27. The number of ketones is 1. The molecule has 1 aliphatic carbocycles. The molecule has 0 spiro atoms. The first-order valence-electron chi connectivity index (χ1n) is 8.94. The Morgan fingerprint density at radius 1 is 1.29 bits per heavy atom. The zero-order valence-electron chi connectivity index (χ0n) is 15.6. The maximum absolute atomic E-state index is 12.7. The van der Waals surface area contributed by atoms with Crippen LogP contribution in [0.25, 0.3) is 0 Å². The highest BCUT2D eigenvalue weighted by atomic mass is 32.2. The highest BCUT2D eigenvalue weighted by Gasteiger charge is 2.33. The van der Waals surface area contributed by atoms with Crippen molar-refractivity contribution < 1.29 is 29.0 Å². The van der Waals surface area contributed by atoms with Crippen molar-refractivity contribution in [3.8, 4) is 0 Å². The summed E-state index contributed by atoms with van der Waals surface area (Å²) in [6.07, 6.45) is 2.45. The van der Waals surface area contributed by atoms with Gasteiger partial charge in [0.15, 0.2) is 11.5 Å². The Labute approximate surface area is 166 Å². The second-order valence-corrected chi connectivity index (χ2v) is 7.31. The summed E-state index contributed by atoms with van der Waals surface area (Å²) in [5.41, 5.74) is 1.96. The standard InChI is InChI=1S/C21H20O6S/c1-3-15(22)21(25)27-18(4-2)26-20(24)13-9-10-16(23)14-11-12-7-5-6-8-17(12)28-19(13)14/h3,5-9,18,22H,4,10-11H2,1-2H3/b15-3-. The maximum Gasteiger partial charge on any atom is 0.376 e. The smallest absolute Gasteiger partial charge is 0.376 e. The van der Waals surface area contributed by atoms with E-state index in [1.165, 1.54) is 24.8 Å². The number of aliphatic hydroxyl groups is 1. The number of esters is 2. The molecule has 0 aromatic heterocycles. The minimum absolute atomic E-state index is 0.00923. The number of carbonyl (C=O) groups is 3. The van der Waals surface area contributed by atoms with E-state index < -0.39 is 24.0 Å². The third-order valence-corrected chi connectivity index (χ3v) is 5.70. The fourth-order valence-corrected chi connectivity index (χ4v) is 4.12. The van der Waals surface area contributed by atoms with Gasteiger partial charge in [0.05, 0.1) is 5.57 Å². The first-order chi connectivity index (χ1) is 13.4. The molecule has 6 nitrogen and oxygen atoms in total. The van der Waals surface area contributed by atoms with Gasteiger partial charge in [-0.25, -0.2) is 9.59 Å². The summed E-state index contributed by atoms with van der Waals surface area (Å²) in [6, 6.07) is 7.74. The Hall–Kier alpha value is -2.80. The van der Waals surface area contributed by atoms with Gasteiger partial charge in [-0.1, -0.05) is 43.0 Å². The number of thioether (sulfide) groups is 1. The summed E-state index contributed by atoms with van der Waals surface area (Å²) in [6.45, 7) is 3.17. The molecule has 1 heterocycles. The molecule has 1 aliphatic heterocycles. The molecule has 0 radical (unpaired) electrons. The molecule has 146 valence electrons. The van der Waals surface area contributed by atoms with Gasteiger partial charge in [-0.05, 0) is 24.6 Å². The summed E-state index contributed by atoms with van der Waals surface area (Å²) in [5, 5.41) is 9.42. The monoisotopic (exact) mass is 400 g/mol. The molecule has 28 heavy (non-hydrogen) atoms. The van der Waals surface area contributed by atoms with Crippen LogP contribution in [0.1, 0.15) is 32.3 Å². The number of fused-ring (bicyclic) bond motifs is 1. The molecule has 1 aromatic rings. The summed E-state index contributed by atoms with van der Waals surface area (Å²) in [4.78, 5) is 38.4. The first-order valence-corrected chi connectivity index (χ1v) is 9.76. The number of hydrogen-bond acceptors (Lipinski definition) is 7. The van der Waals surface area contributed by atoms with Gasteiger partial charge in [-0.2, -0.15) is 0 Å². The van der Waals surface area contributed by atoms with Gasteiger partial charge in [0, 0.05) is 34.6 Å². The lowest BCUT2D eigenvalue weighted by molar-refractivity contribution is -0.184. The molecule has 0 saturated carbocycles. The molecule has 0 saturated heterocycles. The molecule has 1 aromatic carbocycles. The zero-order chi connectivity index (χ0) is 20.3. The predicted octanol–water partition coefficient (Wildman–Crippen LogP) is 3.77. The Balaban J connectivity index is 1.79. The lowest BCUT2D eigenvalue weighted by atomic mass is 9.92. The quantitative estimate of drug-likeness (QED) is 0.348. The third kappa shape index (κ3) is 4.04. The summed E-state index contributed by atoms with van der Waals surface area (Å²) in [7, 11) is 0. The molecule has 1 N–H and O–H groups in total. The van der Waals surface area contributed by atoms with Crippen LogP contribution < -0.4 is 0 Å². The van der Waals surface area contributed by atoms with Gasteiger partial charge in [0.1, 0.15) is 0 Å². The number of aliphatic hydroxyl groups excluding tert-OH is 1. The van der Waals surface area contributed by atoms with E-state index in [9.17, 15) is 19.5 Å². The number of hydrogen-bond donors (Lipinski definition) is 1. The Kier molecular flexibility index (Phi) is 6.04. The van der Waals surface area contributed by atoms with E-state index in [2.05, 4.69) is 0 Å². The zero-order valence-corrected chi connectivity index (χ0v) is 16.4. The van der Waals surface area contributed by atoms with Crippen LogP contribution in [0.4, 0.5) is 0 Å². The van der Waals surface area contributed by atoms with Gasteiger partial charge in [-0.3, -0.25) is 4.79 Å². The molecule has 3 rings (SSSR count). The molecule has 1 unspecified atom stereocenters. The highest BCUT2D eigenvalue weighted by molar-refractivity contribution is 8.03. The minimum atomic E-state index is -1.13. The van der Waals surface area contributed by atoms with Crippen molar-refractivity contribution in [3.05, 3.63) is 63.8 Å². The van der Waals surface area contributed by atoms with E-state index in [4.69, 9.17) is 9.47 Å². The van der Waals surface area contributed by atoms with E-state index in [0.717, 1.165) is 10.5 Å². The molecule has 0 amide bonds. The first kappa shape index (κ1) is 19.9. The molecular weight excluding hydrogens is 380 g/mol. The number of carbonyl (C=O) groups excluding carboxylic acids is 3. The molecule has 7 heteroatoms. The minimum Gasteiger partial charge on any atom is -0.502 e. The van der Waals surface area contributed by atoms with Gasteiger partial charge < -0.3 is 14.6 Å². The SMILES string of the molecule is C/C=C(\O)C(=O)OC(CC)OC(=O)C1=CCC(=O)C2=C1Sc1ccccc1C2. The van der Waals surface area contributed by atoms with Crippen molar-refractivity contribution in [1.82, 2.24) is 0 Å². The van der Waals surface area contributed by atoms with Crippen molar-refractivity contribution in [2.24, 2.45) is 0 Å². The van der Waals surface area contributed by atoms with Crippen molar-refractivity contribution >= 4 is 29.5 Å². The molecule has 0 bridgehead atoms. The molecular formula is C21H20O6S. The van der Waals surface area contributed by atoms with Crippen molar-refractivity contribution in [3.63, 3.8) is 0 Å². The lowest BCUT2D eigenvalue weighted by Gasteiger charge is -2.26. The highest BCUT2D eigenvalue weighted by Crippen LogP contribution is 2.44. The van der Waals surface area contributed by atoms with Gasteiger partial charge in [0.25, 0.3) is 0 Å². The average Bonchev–Trinajstić information content (AvgIpc) is 2.71. The van der Waals surface area contributed by atoms with E-state index in [0.29, 0.717) is 22.5 Å². The van der Waals surface area contributed by atoms with Gasteiger partial charge in [-0.15, -0.1) is 0 Å². The fourth-order valence-electron chi connectivity index (χ4n) is 2.89. The molecule has 2 aliphatic rings. The Morgan fingerprint density at radius 2 is 2.04 bits per heavy atom. The summed E-state index contributed by atoms with van der Waals surface area (Å²) >= 11 is 1.37. The van der Waals surface area contributed by atoms with Crippen LogP contribution in [0.5, 0.6) is 0 Å². The van der Waals surface area contributed by atoms with Crippen LogP contribution in [-0.2, 0) is 30.3 Å². The largest absolute Gasteiger partial charge is 0.502 e. The van der Waals surface area contributed by atoms with E-state index in [-0.39, 0.29) is 18.6 Å². The Bertz CT molecular complexity index is 925. The van der Waals surface area contributed by atoms with Crippen molar-refractivity contribution in [2.75, 3.05) is 0 Å². The fraction of sp³-hybridized carbons (Fsp3) is 0.286. The second-order valence-electron chi connectivity index (χ2n) is 6.26. The summed E-state index contributed by atoms with van der Waals surface area (Å²) < 4.78 is 10.3. The van der Waals surface area contributed by atoms with Crippen molar-refractivity contribution in [1.29, 1.82) is 0 Å². The normalized spacial score (nSPS) is 17.3. The van der Waals surface area contributed by atoms with Gasteiger partial charge >= 0.3 is 11.9 Å². The van der Waals surface area contributed by atoms with Crippen molar-refractivity contribution in [2.45, 2.75) is 44.3 Å².